The van der Waals surface area contributed by atoms with Crippen LogP contribution in [0.3, 0.4) is 0 Å². The van der Waals surface area contributed by atoms with Crippen LogP contribution in [-0.4, -0.2) is 47.3 Å². The number of carbonyl (C=O) groups is 1. The molecule has 4 rings (SSSR count). The molecule has 2 amide bonds. The van der Waals surface area contributed by atoms with E-state index in [9.17, 15) is 18.0 Å². The van der Waals surface area contributed by atoms with E-state index < -0.39 is 11.7 Å². The molecule has 1 aliphatic heterocycles. The number of amides is 2. The number of rotatable bonds is 4. The Balaban J connectivity index is 1.31. The summed E-state index contributed by atoms with van der Waals surface area (Å²) in [5, 5.41) is 11.4. The van der Waals surface area contributed by atoms with Gasteiger partial charge in [-0.15, -0.1) is 10.2 Å². The maximum absolute atomic E-state index is 12.7. The van der Waals surface area contributed by atoms with Crippen LogP contribution in [-0.2, 0) is 12.6 Å². The third kappa shape index (κ3) is 5.42. The first-order valence-corrected chi connectivity index (χ1v) is 10.7. The molecule has 0 bridgehead atoms. The molecule has 172 valence electrons. The number of urea groups is 1. The lowest BCUT2D eigenvalue weighted by Gasteiger charge is -2.35. The number of aromatic nitrogens is 2. The highest BCUT2D eigenvalue weighted by molar-refractivity contribution is 5.89. The van der Waals surface area contributed by atoms with Crippen LogP contribution < -0.4 is 10.2 Å². The number of aryl methyl sites for hydroxylation is 1. The van der Waals surface area contributed by atoms with Gasteiger partial charge in [0.2, 0.25) is 0 Å². The Labute approximate surface area is 190 Å². The molecule has 1 aromatic heterocycles. The van der Waals surface area contributed by atoms with E-state index in [1.807, 2.05) is 24.3 Å². The molecular formula is C24H24F3N5O. The summed E-state index contributed by atoms with van der Waals surface area (Å²) >= 11 is 0. The van der Waals surface area contributed by atoms with Gasteiger partial charge in [0.05, 0.1) is 11.3 Å². The van der Waals surface area contributed by atoms with Crippen molar-refractivity contribution in [2.75, 3.05) is 36.4 Å². The molecule has 1 aliphatic rings. The summed E-state index contributed by atoms with van der Waals surface area (Å²) in [7, 11) is 0. The number of anilines is 2. The van der Waals surface area contributed by atoms with Gasteiger partial charge in [-0.3, -0.25) is 0 Å². The van der Waals surface area contributed by atoms with E-state index in [-0.39, 0.29) is 6.03 Å². The molecule has 3 aromatic rings. The number of piperazine rings is 1. The molecule has 0 spiro atoms. The Bertz CT molecular complexity index is 1080. The summed E-state index contributed by atoms with van der Waals surface area (Å²) in [5.74, 6) is 0.742. The second-order valence-corrected chi connectivity index (χ2v) is 7.81. The predicted molar refractivity (Wildman–Crippen MR) is 121 cm³/mol. The summed E-state index contributed by atoms with van der Waals surface area (Å²) in [6.07, 6.45) is -3.42. The maximum Gasteiger partial charge on any atom is 0.416 e. The molecule has 0 saturated carbocycles. The van der Waals surface area contributed by atoms with Crippen LogP contribution in [0.1, 0.15) is 18.1 Å². The standard InChI is InChI=1S/C24H24F3N5O/c1-2-17-3-5-18(6-4-17)21-11-12-22(30-29-21)31-13-15-32(16-14-31)23(33)28-20-9-7-19(8-10-20)24(25,26)27/h3-12H,2,13-16H2,1H3,(H,28,33). The number of halogens is 3. The van der Waals surface area contributed by atoms with Gasteiger partial charge in [0, 0.05) is 37.4 Å². The fraction of sp³-hybridized carbons (Fsp3) is 0.292. The molecule has 0 unspecified atom stereocenters. The van der Waals surface area contributed by atoms with Crippen molar-refractivity contribution in [1.29, 1.82) is 0 Å². The van der Waals surface area contributed by atoms with E-state index in [4.69, 9.17) is 0 Å². The molecular weight excluding hydrogens is 431 g/mol. The molecule has 1 fully saturated rings. The third-order valence-corrected chi connectivity index (χ3v) is 5.66. The van der Waals surface area contributed by atoms with Crippen molar-refractivity contribution < 1.29 is 18.0 Å². The number of carbonyl (C=O) groups excluding carboxylic acids is 1. The van der Waals surface area contributed by atoms with Crippen LogP contribution in [0, 0.1) is 0 Å². The van der Waals surface area contributed by atoms with Crippen molar-refractivity contribution in [1.82, 2.24) is 15.1 Å². The van der Waals surface area contributed by atoms with Gasteiger partial charge in [0.25, 0.3) is 0 Å². The van der Waals surface area contributed by atoms with Crippen LogP contribution in [0.2, 0.25) is 0 Å². The minimum atomic E-state index is -4.40. The van der Waals surface area contributed by atoms with Crippen LogP contribution >= 0.6 is 0 Å². The van der Waals surface area contributed by atoms with Gasteiger partial charge in [-0.2, -0.15) is 13.2 Å². The summed E-state index contributed by atoms with van der Waals surface area (Å²) in [6.45, 7) is 4.21. The average molecular weight is 455 g/mol. The van der Waals surface area contributed by atoms with Crippen LogP contribution in [0.4, 0.5) is 29.5 Å². The largest absolute Gasteiger partial charge is 0.416 e. The molecule has 1 saturated heterocycles. The first-order valence-electron chi connectivity index (χ1n) is 10.7. The number of benzene rings is 2. The van der Waals surface area contributed by atoms with Crippen molar-refractivity contribution in [3.05, 3.63) is 71.8 Å². The Morgan fingerprint density at radius 2 is 1.58 bits per heavy atom. The van der Waals surface area contributed by atoms with Crippen LogP contribution in [0.5, 0.6) is 0 Å². The molecule has 9 heteroatoms. The highest BCUT2D eigenvalue weighted by Crippen LogP contribution is 2.30. The van der Waals surface area contributed by atoms with Gasteiger partial charge < -0.3 is 15.1 Å². The number of alkyl halides is 3. The second-order valence-electron chi connectivity index (χ2n) is 7.81. The lowest BCUT2D eigenvalue weighted by atomic mass is 10.1. The molecule has 33 heavy (non-hydrogen) atoms. The predicted octanol–water partition coefficient (Wildman–Crippen LogP) is 5.08. The summed E-state index contributed by atoms with van der Waals surface area (Å²) in [4.78, 5) is 16.2. The zero-order valence-electron chi connectivity index (χ0n) is 18.1. The minimum Gasteiger partial charge on any atom is -0.352 e. The van der Waals surface area contributed by atoms with Gasteiger partial charge in [-0.05, 0) is 48.4 Å². The number of nitrogens with zero attached hydrogens (tertiary/aromatic N) is 4. The van der Waals surface area contributed by atoms with E-state index >= 15 is 0 Å². The quantitative estimate of drug-likeness (QED) is 0.596. The van der Waals surface area contributed by atoms with Gasteiger partial charge in [-0.25, -0.2) is 4.79 Å². The van der Waals surface area contributed by atoms with Crippen molar-refractivity contribution in [2.45, 2.75) is 19.5 Å². The summed E-state index contributed by atoms with van der Waals surface area (Å²) < 4.78 is 38.0. The monoisotopic (exact) mass is 455 g/mol. The summed E-state index contributed by atoms with van der Waals surface area (Å²) in [5.41, 5.74) is 2.65. The molecule has 6 nitrogen and oxygen atoms in total. The fourth-order valence-corrected chi connectivity index (χ4v) is 3.64. The van der Waals surface area contributed by atoms with E-state index in [2.05, 4.69) is 39.5 Å². The van der Waals surface area contributed by atoms with Gasteiger partial charge in [0.1, 0.15) is 0 Å². The van der Waals surface area contributed by atoms with Crippen LogP contribution in [0.25, 0.3) is 11.3 Å². The van der Waals surface area contributed by atoms with Crippen molar-refractivity contribution in [3.8, 4) is 11.3 Å². The lowest BCUT2D eigenvalue weighted by Crippen LogP contribution is -2.50. The van der Waals surface area contributed by atoms with E-state index in [1.54, 1.807) is 4.90 Å². The first kappa shape index (κ1) is 22.6. The topological polar surface area (TPSA) is 61.4 Å². The van der Waals surface area contributed by atoms with Gasteiger partial charge >= 0.3 is 12.2 Å². The summed E-state index contributed by atoms with van der Waals surface area (Å²) in [6, 6.07) is 16.2. The smallest absolute Gasteiger partial charge is 0.352 e. The Hall–Kier alpha value is -3.62. The second kappa shape index (κ2) is 9.48. The third-order valence-electron chi connectivity index (χ3n) is 5.66. The molecule has 0 radical (unpaired) electrons. The van der Waals surface area contributed by atoms with Gasteiger partial charge in [-0.1, -0.05) is 31.2 Å². The highest BCUT2D eigenvalue weighted by atomic mass is 19.4. The molecule has 1 N–H and O–H groups in total. The number of hydrogen-bond acceptors (Lipinski definition) is 4. The SMILES string of the molecule is CCc1ccc(-c2ccc(N3CCN(C(=O)Nc4ccc(C(F)(F)F)cc4)CC3)nn2)cc1. The molecule has 0 aliphatic carbocycles. The van der Waals surface area contributed by atoms with Crippen LogP contribution in [0.15, 0.2) is 60.7 Å². The van der Waals surface area contributed by atoms with Crippen molar-refractivity contribution in [2.24, 2.45) is 0 Å². The van der Waals surface area contributed by atoms with E-state index in [0.717, 1.165) is 35.6 Å². The molecule has 2 heterocycles. The normalized spacial score (nSPS) is 14.3. The van der Waals surface area contributed by atoms with Crippen molar-refractivity contribution in [3.63, 3.8) is 0 Å². The maximum atomic E-state index is 12.7. The zero-order valence-corrected chi connectivity index (χ0v) is 18.1. The average Bonchev–Trinajstić information content (AvgIpc) is 2.84. The molecule has 0 atom stereocenters. The zero-order chi connectivity index (χ0) is 23.4. The number of hydrogen-bond donors (Lipinski definition) is 1. The fourth-order valence-electron chi connectivity index (χ4n) is 3.64. The number of nitrogens with one attached hydrogen (secondary N) is 1. The first-order chi connectivity index (χ1) is 15.8. The van der Waals surface area contributed by atoms with Crippen molar-refractivity contribution >= 4 is 17.5 Å². The Morgan fingerprint density at radius 3 is 2.12 bits per heavy atom. The van der Waals surface area contributed by atoms with E-state index in [1.165, 1.54) is 17.7 Å². The lowest BCUT2D eigenvalue weighted by molar-refractivity contribution is -0.137. The molecule has 2 aromatic carbocycles. The van der Waals surface area contributed by atoms with E-state index in [0.29, 0.717) is 31.9 Å². The Morgan fingerprint density at radius 1 is 0.909 bits per heavy atom. The Kier molecular flexibility index (Phi) is 6.48. The minimum absolute atomic E-state index is 0.323. The van der Waals surface area contributed by atoms with Gasteiger partial charge in [0.15, 0.2) is 5.82 Å². The highest BCUT2D eigenvalue weighted by Gasteiger charge is 2.30.